The maximum absolute atomic E-state index is 4.23. The first-order valence-corrected chi connectivity index (χ1v) is 9.10. The van der Waals surface area contributed by atoms with Crippen LogP contribution in [0.2, 0.25) is 0 Å². The summed E-state index contributed by atoms with van der Waals surface area (Å²) >= 11 is 0. The third-order valence-electron chi connectivity index (χ3n) is 3.95. The minimum Gasteiger partial charge on any atom is -0.499 e. The Labute approximate surface area is 168 Å². The van der Waals surface area contributed by atoms with Gasteiger partial charge < -0.3 is 13.0 Å². The van der Waals surface area contributed by atoms with Crippen molar-refractivity contribution in [2.45, 2.75) is 58.3 Å². The minimum atomic E-state index is 0. The van der Waals surface area contributed by atoms with Crippen LogP contribution < -0.4 is 0 Å². The van der Waals surface area contributed by atoms with Gasteiger partial charge in [0.1, 0.15) is 0 Å². The number of rotatable bonds is 2. The van der Waals surface area contributed by atoms with E-state index in [1.165, 1.54) is 50.5 Å². The van der Waals surface area contributed by atoms with Crippen molar-refractivity contribution in [1.82, 2.24) is 0 Å². The standard InChI is InChI=1S/C13H22.2C5H5.Ti/c1-3-4-10-13-11-8-6-5-7-9-12(13)2;2*1-2-4-5-3-1;/h12H,2-9,11H2,1H3;2*1-5H;/q-2;;;+2. The van der Waals surface area contributed by atoms with Gasteiger partial charge in [-0.2, -0.15) is 12.3 Å². The average molecular weight is 356 g/mol. The monoisotopic (exact) mass is 356 g/mol. The SMILES string of the molecule is [CH2-]C1CCCCCCC1=[C-]CCC.[CH]1[CH][CH][CH][CH]1.[CH]1[CH][CH][CH][CH]1.[Ti+2]. The van der Waals surface area contributed by atoms with Crippen molar-refractivity contribution in [3.63, 3.8) is 0 Å². The summed E-state index contributed by atoms with van der Waals surface area (Å²) in [5, 5.41) is 0. The van der Waals surface area contributed by atoms with Crippen LogP contribution in [-0.2, 0) is 21.7 Å². The van der Waals surface area contributed by atoms with E-state index in [2.05, 4.69) is 19.9 Å². The summed E-state index contributed by atoms with van der Waals surface area (Å²) in [5.41, 5.74) is 1.52. The molecule has 24 heavy (non-hydrogen) atoms. The van der Waals surface area contributed by atoms with Gasteiger partial charge in [-0.3, -0.25) is 5.57 Å². The van der Waals surface area contributed by atoms with E-state index in [4.69, 9.17) is 0 Å². The molecule has 0 nitrogen and oxygen atoms in total. The van der Waals surface area contributed by atoms with E-state index in [1.807, 2.05) is 64.2 Å². The zero-order valence-electron chi connectivity index (χ0n) is 15.2. The van der Waals surface area contributed by atoms with Crippen LogP contribution in [0.25, 0.3) is 0 Å². The Bertz CT molecular complexity index is 249. The molecule has 0 heterocycles. The number of hydrogen-bond donors (Lipinski definition) is 0. The van der Waals surface area contributed by atoms with E-state index in [9.17, 15) is 0 Å². The largest absolute Gasteiger partial charge is 2.00 e. The van der Waals surface area contributed by atoms with Gasteiger partial charge in [0.05, 0.1) is 0 Å². The fraction of sp³-hybridized carbons (Fsp3) is 0.435. The van der Waals surface area contributed by atoms with Gasteiger partial charge in [0.15, 0.2) is 0 Å². The van der Waals surface area contributed by atoms with Crippen LogP contribution in [0.1, 0.15) is 58.3 Å². The summed E-state index contributed by atoms with van der Waals surface area (Å²) in [7, 11) is 0. The fourth-order valence-electron chi connectivity index (χ4n) is 2.60. The third kappa shape index (κ3) is 13.7. The molecule has 0 N–H and O–H groups in total. The van der Waals surface area contributed by atoms with E-state index in [-0.39, 0.29) is 21.7 Å². The zero-order chi connectivity index (χ0) is 16.6. The molecule has 1 heteroatoms. The molecule has 0 aliphatic heterocycles. The second-order valence-electron chi connectivity index (χ2n) is 6.03. The second kappa shape index (κ2) is 18.3. The van der Waals surface area contributed by atoms with Gasteiger partial charge in [-0.25, -0.2) is 0 Å². The van der Waals surface area contributed by atoms with Gasteiger partial charge in [-0.15, -0.1) is 0 Å². The summed E-state index contributed by atoms with van der Waals surface area (Å²) in [6.45, 7) is 6.45. The Morgan fingerprint density at radius 3 is 1.75 bits per heavy atom. The van der Waals surface area contributed by atoms with Gasteiger partial charge in [-0.1, -0.05) is 51.9 Å². The van der Waals surface area contributed by atoms with Crippen LogP contribution in [0, 0.1) is 83.1 Å². The molecule has 0 bridgehead atoms. The first-order valence-electron chi connectivity index (χ1n) is 9.10. The topological polar surface area (TPSA) is 0 Å². The van der Waals surface area contributed by atoms with E-state index in [0.29, 0.717) is 5.92 Å². The predicted octanol–water partition coefficient (Wildman–Crippen LogP) is 6.36. The molecule has 0 aromatic heterocycles. The third-order valence-corrected chi connectivity index (χ3v) is 3.95. The van der Waals surface area contributed by atoms with Crippen molar-refractivity contribution in [3.8, 4) is 0 Å². The minimum absolute atomic E-state index is 0. The summed E-state index contributed by atoms with van der Waals surface area (Å²) in [4.78, 5) is 0. The van der Waals surface area contributed by atoms with Crippen LogP contribution in [0.3, 0.4) is 0 Å². The van der Waals surface area contributed by atoms with Gasteiger partial charge in [0, 0.05) is 0 Å². The van der Waals surface area contributed by atoms with Crippen LogP contribution >= 0.6 is 0 Å². The average Bonchev–Trinajstić information content (AvgIpc) is 3.29. The smallest absolute Gasteiger partial charge is 0.499 e. The van der Waals surface area contributed by atoms with Crippen molar-refractivity contribution in [3.05, 3.63) is 82.8 Å². The first kappa shape index (κ1) is 24.5. The van der Waals surface area contributed by atoms with E-state index >= 15 is 0 Å². The summed E-state index contributed by atoms with van der Waals surface area (Å²) < 4.78 is 0. The maximum Gasteiger partial charge on any atom is 2.00 e. The molecule has 10 radical (unpaired) electrons. The van der Waals surface area contributed by atoms with Gasteiger partial charge in [0.2, 0.25) is 0 Å². The molecular weight excluding hydrogens is 324 g/mol. The molecule has 0 aromatic carbocycles. The Morgan fingerprint density at radius 1 is 0.833 bits per heavy atom. The molecule has 3 aliphatic carbocycles. The van der Waals surface area contributed by atoms with E-state index < -0.39 is 0 Å². The normalized spacial score (nSPS) is 25.4. The van der Waals surface area contributed by atoms with Crippen molar-refractivity contribution in [2.75, 3.05) is 0 Å². The van der Waals surface area contributed by atoms with Crippen molar-refractivity contribution in [1.29, 1.82) is 0 Å². The number of unbranched alkanes of at least 4 members (excludes halogenated alkanes) is 1. The molecule has 1 atom stereocenters. The van der Waals surface area contributed by atoms with E-state index in [0.717, 1.165) is 6.42 Å². The van der Waals surface area contributed by atoms with Crippen molar-refractivity contribution < 1.29 is 21.7 Å². The summed E-state index contributed by atoms with van der Waals surface area (Å²) in [6.07, 6.45) is 34.0. The molecule has 3 fully saturated rings. The molecule has 3 aliphatic rings. The molecule has 0 aromatic rings. The zero-order valence-corrected chi connectivity index (χ0v) is 16.8. The van der Waals surface area contributed by atoms with Crippen LogP contribution in [0.4, 0.5) is 0 Å². The molecule has 0 spiro atoms. The molecule has 3 rings (SSSR count). The van der Waals surface area contributed by atoms with Crippen molar-refractivity contribution in [2.24, 2.45) is 5.92 Å². The molecule has 3 saturated carbocycles. The van der Waals surface area contributed by atoms with Crippen LogP contribution in [0.15, 0.2) is 5.57 Å². The molecule has 1 unspecified atom stereocenters. The molecular formula is C23H32Ti. The quantitative estimate of drug-likeness (QED) is 0.399. The van der Waals surface area contributed by atoms with Crippen LogP contribution in [0.5, 0.6) is 0 Å². The Morgan fingerprint density at radius 2 is 1.29 bits per heavy atom. The fourth-order valence-corrected chi connectivity index (χ4v) is 2.60. The number of hydrogen-bond acceptors (Lipinski definition) is 0. The Kier molecular flexibility index (Phi) is 18.6. The van der Waals surface area contributed by atoms with E-state index in [1.54, 1.807) is 0 Å². The number of allylic oxidation sites excluding steroid dienone is 2. The van der Waals surface area contributed by atoms with Gasteiger partial charge >= 0.3 is 21.7 Å². The maximum atomic E-state index is 4.23. The Balaban J connectivity index is 0.000000393. The van der Waals surface area contributed by atoms with Gasteiger partial charge in [-0.05, 0) is 64.2 Å². The second-order valence-corrected chi connectivity index (χ2v) is 6.03. The Hall–Kier alpha value is 0.454. The molecule has 0 amide bonds. The van der Waals surface area contributed by atoms with Crippen molar-refractivity contribution >= 4 is 0 Å². The van der Waals surface area contributed by atoms with Crippen LogP contribution in [-0.4, -0.2) is 0 Å². The molecule has 128 valence electrons. The van der Waals surface area contributed by atoms with Gasteiger partial charge in [0.25, 0.3) is 0 Å². The molecule has 0 saturated heterocycles. The predicted molar refractivity (Wildman–Crippen MR) is 101 cm³/mol. The first-order chi connectivity index (χ1) is 11.3. The summed E-state index contributed by atoms with van der Waals surface area (Å²) in [5.74, 6) is 0.562. The summed E-state index contributed by atoms with van der Waals surface area (Å²) in [6, 6.07) is 0.